The molecule has 0 saturated carbocycles. The molecule has 0 aromatic heterocycles. The maximum atomic E-state index is 12.6. The van der Waals surface area contributed by atoms with Crippen LogP contribution < -0.4 is 21.7 Å². The van der Waals surface area contributed by atoms with Crippen molar-refractivity contribution in [2.45, 2.75) is 140 Å². The SMILES string of the molecule is CC(=O)C1CCCN2C(=O)C3C=CCNN3C(=O)C12.CC(=O)C1CCCN2C(=O)C3CCCNN3C(=O)C12.CC(=O)C1CCN2C(=O)C3C=CCNN3C(=O)C12.CC(=O)C1CCN2C(=O)C3CCCNN3C(=O)C12. The number of rotatable bonds is 4. The van der Waals surface area contributed by atoms with Crippen molar-refractivity contribution in [3.63, 3.8) is 0 Å². The van der Waals surface area contributed by atoms with E-state index in [4.69, 9.17) is 0 Å². The number of ketones is 4. The van der Waals surface area contributed by atoms with E-state index in [2.05, 4.69) is 21.7 Å². The maximum Gasteiger partial charge on any atom is 0.261 e. The molecule has 4 N–H and O–H groups in total. The number of carbonyl (C=O) groups is 12. The first-order chi connectivity index (χ1) is 35.4. The lowest BCUT2D eigenvalue weighted by molar-refractivity contribution is -0.174. The summed E-state index contributed by atoms with van der Waals surface area (Å²) in [6.45, 7) is 10.7. The summed E-state index contributed by atoms with van der Waals surface area (Å²) < 4.78 is 0. The molecule has 12 unspecified atom stereocenters. The van der Waals surface area contributed by atoms with E-state index in [0.717, 1.165) is 25.7 Å². The van der Waals surface area contributed by atoms with Gasteiger partial charge in [-0.15, -0.1) is 0 Å². The van der Waals surface area contributed by atoms with Crippen LogP contribution in [-0.2, 0) is 57.5 Å². The zero-order valence-electron chi connectivity index (χ0n) is 42.4. The smallest absolute Gasteiger partial charge is 0.261 e. The van der Waals surface area contributed by atoms with E-state index < -0.39 is 36.3 Å². The Kier molecular flexibility index (Phi) is 15.3. The van der Waals surface area contributed by atoms with E-state index in [9.17, 15) is 57.5 Å². The quantitative estimate of drug-likeness (QED) is 0.213. The molecule has 12 aliphatic rings. The Morgan fingerprint density at radius 3 is 1.08 bits per heavy atom. The van der Waals surface area contributed by atoms with Crippen molar-refractivity contribution < 1.29 is 57.5 Å². The van der Waals surface area contributed by atoms with Gasteiger partial charge in [0.15, 0.2) is 0 Å². The standard InChI is InChI=1S/C13H19N3O3.C13H17N3O3.C12H17N3O3.C12H15N3O3/c2*1-8(17)9-4-3-7-15-11(9)13(19)16-10(12(15)18)5-2-6-14-16;2*1-7(16)8-4-6-14-10(8)12(18)15-9(11(14)17)3-2-5-13-15/h9-11,14H,2-7H2,1H3;2,5,9-11,14H,3-4,6-7H2,1H3;8-10,13H,2-6H2,1H3;2-3,8-10,13H,4-6H2,1H3. The highest BCUT2D eigenvalue weighted by atomic mass is 16.2. The third-order valence-electron chi connectivity index (χ3n) is 16.8. The number of nitrogens with one attached hydrogen (secondary N) is 4. The van der Waals surface area contributed by atoms with E-state index in [0.29, 0.717) is 90.9 Å². The summed E-state index contributed by atoms with van der Waals surface area (Å²) in [5.74, 6) is -2.13. The summed E-state index contributed by atoms with van der Waals surface area (Å²) in [6.07, 6.45) is 14.6. The Morgan fingerprint density at radius 2 is 0.703 bits per heavy atom. The molecule has 24 nitrogen and oxygen atoms in total. The van der Waals surface area contributed by atoms with Gasteiger partial charge in [-0.1, -0.05) is 24.3 Å². The molecule has 24 heteroatoms. The number of piperidine rings is 2. The van der Waals surface area contributed by atoms with Crippen LogP contribution in [0.1, 0.15) is 91.9 Å². The van der Waals surface area contributed by atoms with Crippen LogP contribution in [-0.4, -0.2) is 211 Å². The minimum absolute atomic E-state index is 0.000825. The molecule has 10 saturated heterocycles. The average Bonchev–Trinajstić information content (AvgIpc) is 4.08. The average molecular weight is 1030 g/mol. The molecule has 0 aromatic carbocycles. The molecule has 12 atom stereocenters. The lowest BCUT2D eigenvalue weighted by Crippen LogP contribution is -2.72. The van der Waals surface area contributed by atoms with Crippen LogP contribution in [0, 0.1) is 23.7 Å². The van der Waals surface area contributed by atoms with Gasteiger partial charge in [-0.2, -0.15) is 0 Å². The van der Waals surface area contributed by atoms with E-state index in [-0.39, 0.29) is 106 Å². The van der Waals surface area contributed by atoms with Gasteiger partial charge in [-0.3, -0.25) is 77.6 Å². The molecule has 0 bridgehead atoms. The van der Waals surface area contributed by atoms with Crippen molar-refractivity contribution in [3.8, 4) is 0 Å². The molecule has 400 valence electrons. The third kappa shape index (κ3) is 9.35. The Hall–Kier alpha value is -6.24. The van der Waals surface area contributed by atoms with Gasteiger partial charge in [0.25, 0.3) is 35.4 Å². The van der Waals surface area contributed by atoms with E-state index in [1.165, 1.54) is 47.7 Å². The summed E-state index contributed by atoms with van der Waals surface area (Å²) in [5, 5.41) is 5.72. The molecule has 0 spiro atoms. The summed E-state index contributed by atoms with van der Waals surface area (Å²) in [7, 11) is 0. The molecule has 10 fully saturated rings. The molecule has 0 aromatic rings. The number of piperazine rings is 4. The number of hydrazine groups is 4. The van der Waals surface area contributed by atoms with Crippen LogP contribution in [0.25, 0.3) is 0 Å². The fourth-order valence-electron chi connectivity index (χ4n) is 13.1. The molecule has 74 heavy (non-hydrogen) atoms. The van der Waals surface area contributed by atoms with Crippen LogP contribution in [0.15, 0.2) is 24.3 Å². The lowest BCUT2D eigenvalue weighted by atomic mass is 9.83. The van der Waals surface area contributed by atoms with Gasteiger partial charge < -0.3 is 19.6 Å². The summed E-state index contributed by atoms with van der Waals surface area (Å²) >= 11 is 0. The van der Waals surface area contributed by atoms with Gasteiger partial charge in [-0.25, -0.2) is 21.7 Å². The number of nitrogens with zero attached hydrogens (tertiary/aromatic N) is 8. The first-order valence-corrected chi connectivity index (χ1v) is 26.3. The first kappa shape index (κ1) is 52.6. The van der Waals surface area contributed by atoms with Crippen LogP contribution in [0.3, 0.4) is 0 Å². The van der Waals surface area contributed by atoms with Gasteiger partial charge in [0.2, 0.25) is 11.8 Å². The molecule has 12 aliphatic heterocycles. The number of carbonyl (C=O) groups excluding carboxylic acids is 12. The molecule has 8 amide bonds. The number of amides is 8. The minimum Gasteiger partial charge on any atom is -0.328 e. The van der Waals surface area contributed by atoms with Crippen LogP contribution in [0.2, 0.25) is 0 Å². The fourth-order valence-corrected chi connectivity index (χ4v) is 13.1. The zero-order chi connectivity index (χ0) is 52.9. The van der Waals surface area contributed by atoms with E-state index in [1.807, 2.05) is 12.2 Å². The van der Waals surface area contributed by atoms with Crippen LogP contribution in [0.5, 0.6) is 0 Å². The topological polar surface area (TPSA) is 279 Å². The van der Waals surface area contributed by atoms with E-state index >= 15 is 0 Å². The van der Waals surface area contributed by atoms with Gasteiger partial charge in [0.05, 0.1) is 0 Å². The van der Waals surface area contributed by atoms with E-state index in [1.54, 1.807) is 31.8 Å². The van der Waals surface area contributed by atoms with Gasteiger partial charge in [0.1, 0.15) is 71.5 Å². The molecule has 12 rings (SSSR count). The predicted molar refractivity (Wildman–Crippen MR) is 258 cm³/mol. The summed E-state index contributed by atoms with van der Waals surface area (Å²) in [6, 6.07) is -4.22. The number of hydrogen-bond donors (Lipinski definition) is 4. The lowest BCUT2D eigenvalue weighted by Gasteiger charge is -2.50. The predicted octanol–water partition coefficient (Wildman–Crippen LogP) is -2.46. The Labute approximate surface area is 428 Å². The molecule has 0 radical (unpaired) electrons. The summed E-state index contributed by atoms with van der Waals surface area (Å²) in [5.41, 5.74) is 11.9. The Bertz CT molecular complexity index is 2450. The van der Waals surface area contributed by atoms with Crippen molar-refractivity contribution >= 4 is 70.4 Å². The number of Topliss-reactive ketones (excluding diaryl/α,β-unsaturated/α-hetero) is 4. The van der Waals surface area contributed by atoms with Gasteiger partial charge >= 0.3 is 0 Å². The minimum atomic E-state index is -0.617. The second-order valence-electron chi connectivity index (χ2n) is 21.1. The normalized spacial score (nSPS) is 34.8. The van der Waals surface area contributed by atoms with Crippen LogP contribution >= 0.6 is 0 Å². The fraction of sp³-hybridized carbons (Fsp3) is 0.680. The van der Waals surface area contributed by atoms with Crippen molar-refractivity contribution in [2.75, 3.05) is 52.4 Å². The van der Waals surface area contributed by atoms with Gasteiger partial charge in [-0.05, 0) is 91.9 Å². The second-order valence-corrected chi connectivity index (χ2v) is 21.1. The molecule has 12 heterocycles. The number of fused-ring (bicyclic) bond motifs is 8. The highest BCUT2D eigenvalue weighted by Gasteiger charge is 2.56. The highest BCUT2D eigenvalue weighted by Crippen LogP contribution is 2.36. The Morgan fingerprint density at radius 1 is 0.378 bits per heavy atom. The molecular formula is C50H68N12O12. The van der Waals surface area contributed by atoms with Crippen LogP contribution in [0.4, 0.5) is 0 Å². The molecule has 0 aliphatic carbocycles. The molecular weight excluding hydrogens is 961 g/mol. The van der Waals surface area contributed by atoms with Crippen molar-refractivity contribution in [2.24, 2.45) is 23.7 Å². The Balaban J connectivity index is 0.000000121. The van der Waals surface area contributed by atoms with Crippen molar-refractivity contribution in [1.29, 1.82) is 0 Å². The maximum absolute atomic E-state index is 12.6. The van der Waals surface area contributed by atoms with Gasteiger partial charge in [0, 0.05) is 76.0 Å². The second kappa shape index (κ2) is 21.5. The first-order valence-electron chi connectivity index (χ1n) is 26.3. The highest BCUT2D eigenvalue weighted by molar-refractivity contribution is 6.04. The van der Waals surface area contributed by atoms with Crippen molar-refractivity contribution in [3.05, 3.63) is 24.3 Å². The zero-order valence-corrected chi connectivity index (χ0v) is 42.4. The monoisotopic (exact) mass is 1030 g/mol. The van der Waals surface area contributed by atoms with Crippen molar-refractivity contribution in [1.82, 2.24) is 61.3 Å². The largest absolute Gasteiger partial charge is 0.328 e. The third-order valence-corrected chi connectivity index (χ3v) is 16.8. The summed E-state index contributed by atoms with van der Waals surface area (Å²) in [4.78, 5) is 152. The number of hydrogen-bond acceptors (Lipinski definition) is 16.